The fraction of sp³-hybridized carbons (Fsp3) is 0.267. The fourth-order valence-corrected chi connectivity index (χ4v) is 2.19. The second-order valence-electron chi connectivity index (χ2n) is 4.25. The van der Waals surface area contributed by atoms with Gasteiger partial charge < -0.3 is 9.30 Å². The second kappa shape index (κ2) is 5.93. The number of hydrogen-bond acceptors (Lipinski definition) is 2. The van der Waals surface area contributed by atoms with Gasteiger partial charge in [-0.05, 0) is 30.0 Å². The SMILES string of the molecule is CCC(=CCn1ccc2ccc(Cl)cc21)C(=O)OC. The topological polar surface area (TPSA) is 31.2 Å². The summed E-state index contributed by atoms with van der Waals surface area (Å²) in [4.78, 5) is 11.5. The number of esters is 1. The van der Waals surface area contributed by atoms with E-state index < -0.39 is 0 Å². The monoisotopic (exact) mass is 277 g/mol. The van der Waals surface area contributed by atoms with Crippen LogP contribution in [0.5, 0.6) is 0 Å². The third kappa shape index (κ3) is 2.99. The maximum atomic E-state index is 11.5. The summed E-state index contributed by atoms with van der Waals surface area (Å²) in [5, 5.41) is 1.84. The van der Waals surface area contributed by atoms with Crippen molar-refractivity contribution in [2.24, 2.45) is 0 Å². The Morgan fingerprint density at radius 2 is 2.21 bits per heavy atom. The molecule has 19 heavy (non-hydrogen) atoms. The van der Waals surface area contributed by atoms with E-state index in [1.165, 1.54) is 7.11 Å². The first-order valence-corrected chi connectivity index (χ1v) is 6.55. The summed E-state index contributed by atoms with van der Waals surface area (Å²) in [5.74, 6) is -0.267. The molecule has 4 heteroatoms. The van der Waals surface area contributed by atoms with E-state index in [4.69, 9.17) is 16.3 Å². The van der Waals surface area contributed by atoms with E-state index in [-0.39, 0.29) is 5.97 Å². The van der Waals surface area contributed by atoms with Crippen molar-refractivity contribution in [3.05, 3.63) is 47.1 Å². The van der Waals surface area contributed by atoms with Gasteiger partial charge in [0.15, 0.2) is 0 Å². The lowest BCUT2D eigenvalue weighted by Gasteiger charge is -2.05. The molecule has 1 heterocycles. The van der Waals surface area contributed by atoms with E-state index in [0.717, 1.165) is 10.9 Å². The number of hydrogen-bond donors (Lipinski definition) is 0. The van der Waals surface area contributed by atoms with Crippen LogP contribution in [0.25, 0.3) is 10.9 Å². The van der Waals surface area contributed by atoms with Crippen LogP contribution in [0.3, 0.4) is 0 Å². The van der Waals surface area contributed by atoms with Gasteiger partial charge in [-0.3, -0.25) is 0 Å². The number of allylic oxidation sites excluding steroid dienone is 1. The number of benzene rings is 1. The van der Waals surface area contributed by atoms with Gasteiger partial charge in [0.2, 0.25) is 0 Å². The van der Waals surface area contributed by atoms with Crippen LogP contribution in [-0.4, -0.2) is 17.6 Å². The number of methoxy groups -OCH3 is 1. The maximum Gasteiger partial charge on any atom is 0.333 e. The number of halogens is 1. The van der Waals surface area contributed by atoms with Crippen LogP contribution < -0.4 is 0 Å². The summed E-state index contributed by atoms with van der Waals surface area (Å²) in [6, 6.07) is 7.81. The number of nitrogens with zero attached hydrogens (tertiary/aromatic N) is 1. The van der Waals surface area contributed by atoms with Gasteiger partial charge in [-0.1, -0.05) is 30.7 Å². The molecule has 0 fully saturated rings. The van der Waals surface area contributed by atoms with Gasteiger partial charge in [0.25, 0.3) is 0 Å². The lowest BCUT2D eigenvalue weighted by molar-refractivity contribution is -0.136. The molecule has 0 aliphatic rings. The second-order valence-corrected chi connectivity index (χ2v) is 4.68. The molecule has 0 aliphatic carbocycles. The molecule has 0 bridgehead atoms. The third-order valence-electron chi connectivity index (χ3n) is 3.10. The highest BCUT2D eigenvalue weighted by molar-refractivity contribution is 6.31. The highest BCUT2D eigenvalue weighted by Crippen LogP contribution is 2.20. The van der Waals surface area contributed by atoms with E-state index in [0.29, 0.717) is 23.6 Å². The van der Waals surface area contributed by atoms with Crippen molar-refractivity contribution in [1.82, 2.24) is 4.57 Å². The van der Waals surface area contributed by atoms with E-state index in [9.17, 15) is 4.79 Å². The number of fused-ring (bicyclic) bond motifs is 1. The van der Waals surface area contributed by atoms with Crippen molar-refractivity contribution in [1.29, 1.82) is 0 Å². The molecule has 0 saturated carbocycles. The Balaban J connectivity index is 2.28. The molecular formula is C15H16ClNO2. The summed E-state index contributed by atoms with van der Waals surface area (Å²) >= 11 is 6.01. The van der Waals surface area contributed by atoms with Crippen molar-refractivity contribution in [2.75, 3.05) is 7.11 Å². The van der Waals surface area contributed by atoms with Crippen molar-refractivity contribution in [3.63, 3.8) is 0 Å². The summed E-state index contributed by atoms with van der Waals surface area (Å²) in [6.07, 6.45) is 4.54. The van der Waals surface area contributed by atoms with Crippen LogP contribution in [0.4, 0.5) is 0 Å². The van der Waals surface area contributed by atoms with Gasteiger partial charge in [0.1, 0.15) is 0 Å². The zero-order chi connectivity index (χ0) is 13.8. The summed E-state index contributed by atoms with van der Waals surface area (Å²) in [7, 11) is 1.40. The molecule has 3 nitrogen and oxygen atoms in total. The molecule has 1 aromatic heterocycles. The van der Waals surface area contributed by atoms with E-state index in [1.807, 2.05) is 43.5 Å². The molecule has 2 rings (SSSR count). The number of ether oxygens (including phenoxy) is 1. The van der Waals surface area contributed by atoms with Crippen LogP contribution >= 0.6 is 11.6 Å². The predicted octanol–water partition coefficient (Wildman–Crippen LogP) is 3.80. The number of aromatic nitrogens is 1. The first-order chi connectivity index (χ1) is 9.15. The van der Waals surface area contributed by atoms with Crippen LogP contribution in [0.15, 0.2) is 42.1 Å². The summed E-state index contributed by atoms with van der Waals surface area (Å²) in [5.41, 5.74) is 1.75. The number of carbonyl (C=O) groups excluding carboxylic acids is 1. The fourth-order valence-electron chi connectivity index (χ4n) is 2.03. The molecule has 0 atom stereocenters. The van der Waals surface area contributed by atoms with Crippen molar-refractivity contribution < 1.29 is 9.53 Å². The van der Waals surface area contributed by atoms with Crippen LogP contribution in [0, 0.1) is 0 Å². The normalized spacial score (nSPS) is 11.8. The van der Waals surface area contributed by atoms with Gasteiger partial charge in [-0.2, -0.15) is 0 Å². The summed E-state index contributed by atoms with van der Waals surface area (Å²) < 4.78 is 6.80. The van der Waals surface area contributed by atoms with Crippen molar-refractivity contribution in [2.45, 2.75) is 19.9 Å². The molecule has 0 radical (unpaired) electrons. The van der Waals surface area contributed by atoms with Gasteiger partial charge in [0, 0.05) is 28.9 Å². The maximum absolute atomic E-state index is 11.5. The lowest BCUT2D eigenvalue weighted by Crippen LogP contribution is -2.05. The largest absolute Gasteiger partial charge is 0.466 e. The predicted molar refractivity (Wildman–Crippen MR) is 77.3 cm³/mol. The van der Waals surface area contributed by atoms with Crippen LogP contribution in [0.1, 0.15) is 13.3 Å². The Bertz CT molecular complexity index is 628. The van der Waals surface area contributed by atoms with Gasteiger partial charge in [-0.25, -0.2) is 4.79 Å². The third-order valence-corrected chi connectivity index (χ3v) is 3.33. The molecule has 0 unspecified atom stereocenters. The van der Waals surface area contributed by atoms with Gasteiger partial charge >= 0.3 is 5.97 Å². The Morgan fingerprint density at radius 3 is 2.89 bits per heavy atom. The average Bonchev–Trinajstić information content (AvgIpc) is 2.81. The zero-order valence-electron chi connectivity index (χ0n) is 11.0. The molecule has 2 aromatic rings. The molecule has 0 spiro atoms. The molecule has 0 aliphatic heterocycles. The number of carbonyl (C=O) groups is 1. The Kier molecular flexibility index (Phi) is 4.27. The lowest BCUT2D eigenvalue weighted by atomic mass is 10.2. The highest BCUT2D eigenvalue weighted by Gasteiger charge is 2.07. The Hall–Kier alpha value is -1.74. The zero-order valence-corrected chi connectivity index (χ0v) is 11.8. The standard InChI is InChI=1S/C15H16ClNO2/c1-3-11(15(18)19-2)6-8-17-9-7-12-4-5-13(16)10-14(12)17/h4-7,9-10H,3,8H2,1-2H3. The van der Waals surface area contributed by atoms with Crippen LogP contribution in [-0.2, 0) is 16.1 Å². The first kappa shape index (κ1) is 13.7. The van der Waals surface area contributed by atoms with E-state index in [1.54, 1.807) is 0 Å². The van der Waals surface area contributed by atoms with Crippen molar-refractivity contribution in [3.8, 4) is 0 Å². The Morgan fingerprint density at radius 1 is 1.42 bits per heavy atom. The highest BCUT2D eigenvalue weighted by atomic mass is 35.5. The molecule has 1 aromatic carbocycles. The van der Waals surface area contributed by atoms with E-state index >= 15 is 0 Å². The van der Waals surface area contributed by atoms with Crippen LogP contribution in [0.2, 0.25) is 5.02 Å². The first-order valence-electron chi connectivity index (χ1n) is 6.17. The average molecular weight is 278 g/mol. The summed E-state index contributed by atoms with van der Waals surface area (Å²) in [6.45, 7) is 2.56. The quantitative estimate of drug-likeness (QED) is 0.629. The molecule has 0 saturated heterocycles. The Labute approximate surface area is 117 Å². The minimum atomic E-state index is -0.267. The molecule has 100 valence electrons. The molecule has 0 N–H and O–H groups in total. The van der Waals surface area contributed by atoms with Crippen molar-refractivity contribution >= 4 is 28.5 Å². The smallest absolute Gasteiger partial charge is 0.333 e. The van der Waals surface area contributed by atoms with Gasteiger partial charge in [0.05, 0.1) is 7.11 Å². The van der Waals surface area contributed by atoms with E-state index in [2.05, 4.69) is 4.57 Å². The molecular weight excluding hydrogens is 262 g/mol. The number of rotatable bonds is 4. The van der Waals surface area contributed by atoms with Gasteiger partial charge in [-0.15, -0.1) is 0 Å². The molecule has 0 amide bonds. The minimum Gasteiger partial charge on any atom is -0.466 e. The minimum absolute atomic E-state index is 0.267.